The minimum atomic E-state index is -0.273. The summed E-state index contributed by atoms with van der Waals surface area (Å²) in [6.45, 7) is 2.63. The van der Waals surface area contributed by atoms with Gasteiger partial charge in [-0.2, -0.15) is 9.59 Å². The van der Waals surface area contributed by atoms with Crippen molar-refractivity contribution in [2.45, 2.75) is 26.6 Å². The molecule has 15 heteroatoms. The number of benzene rings is 4. The fraction of sp³-hybridized carbons (Fsp3) is 0.114. The van der Waals surface area contributed by atoms with Gasteiger partial charge in [0.15, 0.2) is 11.6 Å². The molecule has 0 bridgehead atoms. The number of fused-ring (bicyclic) bond motifs is 6. The van der Waals surface area contributed by atoms with Crippen LogP contribution in [0.1, 0.15) is 22.3 Å². The molecule has 4 aromatic carbocycles. The van der Waals surface area contributed by atoms with Gasteiger partial charge in [0.05, 0.1) is 41.8 Å². The predicted molar refractivity (Wildman–Crippen MR) is 185 cm³/mol. The number of aryl methyl sites for hydroxylation is 1. The summed E-state index contributed by atoms with van der Waals surface area (Å²) in [5.74, 6) is 0.438. The summed E-state index contributed by atoms with van der Waals surface area (Å²) in [4.78, 5) is 50.5. The molecule has 0 fully saturated rings. The minimum Gasteiger partial charge on any atom is -0.392 e. The summed E-state index contributed by atoms with van der Waals surface area (Å²) < 4.78 is 5.78. The van der Waals surface area contributed by atoms with Gasteiger partial charge in [0.1, 0.15) is 0 Å². The predicted octanol–water partition coefficient (Wildman–Crippen LogP) is 2.57. The number of aliphatic hydroxyl groups excluding tert-OH is 1. The van der Waals surface area contributed by atoms with E-state index in [2.05, 4.69) is 20.2 Å². The highest BCUT2D eigenvalue weighted by Gasteiger charge is 2.16. The SMILES string of the molecule is Cc1ccc2c(c1)nc(N)c1nn(Cc3ccccc3)c(=O)n12.Nc1nc2cc(CO)ccc2n2c(=O)n(Cc3ccccc3)nc12.O=C=O. The molecule has 8 aromatic rings. The van der Waals surface area contributed by atoms with E-state index in [0.717, 1.165) is 16.7 Å². The Balaban J connectivity index is 0.000000161. The summed E-state index contributed by atoms with van der Waals surface area (Å²) >= 11 is 0. The largest absolute Gasteiger partial charge is 0.392 e. The van der Waals surface area contributed by atoms with Crippen LogP contribution in [0.25, 0.3) is 33.4 Å². The van der Waals surface area contributed by atoms with Crippen LogP contribution in [-0.2, 0) is 29.3 Å². The van der Waals surface area contributed by atoms with E-state index in [1.807, 2.05) is 85.8 Å². The summed E-state index contributed by atoms with van der Waals surface area (Å²) in [5, 5.41) is 17.9. The average Bonchev–Trinajstić information content (AvgIpc) is 3.62. The average molecular weight is 671 g/mol. The van der Waals surface area contributed by atoms with Crippen LogP contribution >= 0.6 is 0 Å². The maximum Gasteiger partial charge on any atom is 0.373 e. The summed E-state index contributed by atoms with van der Waals surface area (Å²) in [5.41, 5.74) is 18.5. The van der Waals surface area contributed by atoms with Crippen molar-refractivity contribution in [2.24, 2.45) is 0 Å². The second-order valence-electron chi connectivity index (χ2n) is 11.2. The molecular formula is C35H30N10O5. The fourth-order valence-corrected chi connectivity index (χ4v) is 5.52. The third kappa shape index (κ3) is 6.44. The lowest BCUT2D eigenvalue weighted by molar-refractivity contribution is -0.191. The first-order chi connectivity index (χ1) is 24.2. The molecule has 0 spiro atoms. The van der Waals surface area contributed by atoms with E-state index < -0.39 is 0 Å². The Labute approximate surface area is 282 Å². The topological polar surface area (TPSA) is 211 Å². The van der Waals surface area contributed by atoms with E-state index in [0.29, 0.717) is 52.0 Å². The smallest absolute Gasteiger partial charge is 0.373 e. The van der Waals surface area contributed by atoms with E-state index in [-0.39, 0.29) is 35.8 Å². The van der Waals surface area contributed by atoms with E-state index in [1.165, 1.54) is 18.2 Å². The van der Waals surface area contributed by atoms with Gasteiger partial charge in [0.25, 0.3) is 0 Å². The maximum atomic E-state index is 12.8. The van der Waals surface area contributed by atoms with Gasteiger partial charge in [-0.15, -0.1) is 10.2 Å². The van der Waals surface area contributed by atoms with Crippen LogP contribution in [0, 0.1) is 6.92 Å². The molecular weight excluding hydrogens is 640 g/mol. The van der Waals surface area contributed by atoms with Crippen molar-refractivity contribution < 1.29 is 14.7 Å². The number of hydrogen-bond donors (Lipinski definition) is 3. The number of nitrogens with zero attached hydrogens (tertiary/aromatic N) is 8. The van der Waals surface area contributed by atoms with Crippen LogP contribution in [-0.4, -0.2) is 49.6 Å². The third-order valence-electron chi connectivity index (χ3n) is 7.80. The van der Waals surface area contributed by atoms with Crippen LogP contribution < -0.4 is 22.8 Å². The summed E-state index contributed by atoms with van der Waals surface area (Å²) in [6.07, 6.45) is 0.250. The van der Waals surface area contributed by atoms with Crippen molar-refractivity contribution in [2.75, 3.05) is 11.5 Å². The number of aromatic nitrogens is 8. The van der Waals surface area contributed by atoms with Crippen LogP contribution in [0.4, 0.5) is 11.6 Å². The molecule has 0 unspecified atom stereocenters. The van der Waals surface area contributed by atoms with Gasteiger partial charge >= 0.3 is 17.5 Å². The summed E-state index contributed by atoms with van der Waals surface area (Å²) in [7, 11) is 0. The van der Waals surface area contributed by atoms with Gasteiger partial charge < -0.3 is 16.6 Å². The normalized spacial score (nSPS) is 10.8. The molecule has 50 heavy (non-hydrogen) atoms. The van der Waals surface area contributed by atoms with Crippen LogP contribution in [0.2, 0.25) is 0 Å². The first kappa shape index (κ1) is 33.0. The molecule has 4 heterocycles. The molecule has 0 atom stereocenters. The highest BCUT2D eigenvalue weighted by Crippen LogP contribution is 2.20. The van der Waals surface area contributed by atoms with E-state index >= 15 is 0 Å². The second kappa shape index (κ2) is 14.0. The molecule has 0 radical (unpaired) electrons. The van der Waals surface area contributed by atoms with E-state index in [9.17, 15) is 14.7 Å². The molecule has 0 amide bonds. The molecule has 0 aliphatic rings. The summed E-state index contributed by atoms with van der Waals surface area (Å²) in [6, 6.07) is 30.3. The van der Waals surface area contributed by atoms with Gasteiger partial charge in [-0.3, -0.25) is 0 Å². The second-order valence-corrected chi connectivity index (χ2v) is 11.2. The standard InChI is InChI=1S/C17H15N5O2.C17H15N5O.CO2/c18-15-16-20-21(9-11-4-2-1-3-5-11)17(24)22(16)14-7-6-12(10-23)8-13(14)19-15;1-11-7-8-14-13(9-11)19-15(18)16-20-21(17(23)22(14)16)10-12-5-3-2-4-6-12;2-1-3/h1-8,23H,9-10H2,(H2,18,19);2-9H,10H2,1H3,(H2,18,19);. The van der Waals surface area contributed by atoms with E-state index in [4.69, 9.17) is 21.1 Å². The van der Waals surface area contributed by atoms with Gasteiger partial charge in [0, 0.05) is 0 Å². The Hall–Kier alpha value is -6.96. The van der Waals surface area contributed by atoms with Gasteiger partial charge in [0.2, 0.25) is 11.3 Å². The maximum absolute atomic E-state index is 12.8. The van der Waals surface area contributed by atoms with Crippen molar-refractivity contribution in [1.82, 2.24) is 38.3 Å². The Kier molecular flexibility index (Phi) is 9.25. The highest BCUT2D eigenvalue weighted by atomic mass is 16.3. The van der Waals surface area contributed by atoms with Crippen molar-refractivity contribution >= 4 is 51.1 Å². The van der Waals surface area contributed by atoms with Crippen LogP contribution in [0.5, 0.6) is 0 Å². The Morgan fingerprint density at radius 2 is 1.08 bits per heavy atom. The van der Waals surface area contributed by atoms with Gasteiger partial charge in [-0.05, 0) is 53.4 Å². The van der Waals surface area contributed by atoms with Crippen LogP contribution in [0.15, 0.2) is 107 Å². The van der Waals surface area contributed by atoms with E-state index in [1.54, 1.807) is 18.2 Å². The lowest BCUT2D eigenvalue weighted by atomic mass is 10.2. The monoisotopic (exact) mass is 670 g/mol. The number of anilines is 2. The number of nitrogens with two attached hydrogens (primary N) is 2. The molecule has 5 N–H and O–H groups in total. The zero-order valence-corrected chi connectivity index (χ0v) is 26.7. The molecule has 250 valence electrons. The zero-order valence-electron chi connectivity index (χ0n) is 26.7. The quantitative estimate of drug-likeness (QED) is 0.242. The Morgan fingerprint density at radius 3 is 1.54 bits per heavy atom. The van der Waals surface area contributed by atoms with Crippen molar-refractivity contribution in [3.8, 4) is 0 Å². The Morgan fingerprint density at radius 1 is 0.640 bits per heavy atom. The zero-order chi connectivity index (χ0) is 35.4. The Bertz CT molecular complexity index is 2640. The first-order valence-corrected chi connectivity index (χ1v) is 15.2. The van der Waals surface area contributed by atoms with Crippen LogP contribution in [0.3, 0.4) is 0 Å². The van der Waals surface area contributed by atoms with Crippen molar-refractivity contribution in [3.05, 3.63) is 140 Å². The van der Waals surface area contributed by atoms with Gasteiger partial charge in [-0.1, -0.05) is 72.8 Å². The molecule has 0 saturated heterocycles. The van der Waals surface area contributed by atoms with Gasteiger partial charge in [-0.25, -0.2) is 37.7 Å². The number of nitrogen functional groups attached to an aromatic ring is 2. The number of carbonyl (C=O) groups excluding carboxylic acids is 2. The molecule has 0 aliphatic heterocycles. The lowest BCUT2D eigenvalue weighted by Crippen LogP contribution is -2.22. The first-order valence-electron chi connectivity index (χ1n) is 15.2. The third-order valence-corrected chi connectivity index (χ3v) is 7.80. The molecule has 0 saturated carbocycles. The number of hydrogen-bond acceptors (Lipinski definition) is 11. The molecule has 4 aromatic heterocycles. The molecule has 8 rings (SSSR count). The lowest BCUT2D eigenvalue weighted by Gasteiger charge is -2.03. The minimum absolute atomic E-state index is 0.0995. The molecule has 0 aliphatic carbocycles. The molecule has 15 nitrogen and oxygen atoms in total. The fourth-order valence-electron chi connectivity index (χ4n) is 5.52. The van der Waals surface area contributed by atoms with Crippen molar-refractivity contribution in [1.29, 1.82) is 0 Å². The van der Waals surface area contributed by atoms with Crippen molar-refractivity contribution in [3.63, 3.8) is 0 Å². The number of aliphatic hydroxyl groups is 1. The highest BCUT2D eigenvalue weighted by molar-refractivity contribution is 5.83. The number of rotatable bonds is 5.